The first-order valence-corrected chi connectivity index (χ1v) is 8.86. The summed E-state index contributed by atoms with van der Waals surface area (Å²) in [4.78, 5) is 14.6. The highest BCUT2D eigenvalue weighted by Crippen LogP contribution is 2.25. The van der Waals surface area contributed by atoms with Crippen LogP contribution in [0.3, 0.4) is 0 Å². The molecule has 1 aliphatic heterocycles. The van der Waals surface area contributed by atoms with E-state index in [2.05, 4.69) is 18.8 Å². The molecule has 0 aromatic heterocycles. The molecule has 1 aliphatic rings. The number of ether oxygens (including phenoxy) is 1. The van der Waals surface area contributed by atoms with Crippen LogP contribution in [0.1, 0.15) is 31.7 Å². The SMILES string of the molecule is C=CCN(Cc1ccc(OC)cc1)C(=O)CC(C)C1CCNCC1.Cl. The molecular weight excluding hydrogens is 336 g/mol. The van der Waals surface area contributed by atoms with E-state index >= 15 is 0 Å². The second kappa shape index (κ2) is 11.2. The molecule has 1 unspecified atom stereocenters. The Hall–Kier alpha value is -1.52. The second-order valence-electron chi connectivity index (χ2n) is 6.68. The van der Waals surface area contributed by atoms with Gasteiger partial charge in [0.25, 0.3) is 0 Å². The first kappa shape index (κ1) is 21.5. The molecule has 1 fully saturated rings. The summed E-state index contributed by atoms with van der Waals surface area (Å²) in [6, 6.07) is 7.89. The Labute approximate surface area is 158 Å². The van der Waals surface area contributed by atoms with Gasteiger partial charge in [-0.25, -0.2) is 0 Å². The lowest BCUT2D eigenvalue weighted by molar-refractivity contribution is -0.132. The summed E-state index contributed by atoms with van der Waals surface area (Å²) in [5, 5.41) is 3.39. The van der Waals surface area contributed by atoms with Gasteiger partial charge in [-0.3, -0.25) is 4.79 Å². The van der Waals surface area contributed by atoms with E-state index < -0.39 is 0 Å². The van der Waals surface area contributed by atoms with Crippen LogP contribution in [0.4, 0.5) is 0 Å². The van der Waals surface area contributed by atoms with Crippen LogP contribution in [-0.2, 0) is 11.3 Å². The summed E-state index contributed by atoms with van der Waals surface area (Å²) in [6.45, 7) is 9.37. The number of benzene rings is 1. The van der Waals surface area contributed by atoms with Gasteiger partial charge in [-0.1, -0.05) is 25.1 Å². The van der Waals surface area contributed by atoms with E-state index in [4.69, 9.17) is 4.74 Å². The van der Waals surface area contributed by atoms with Gasteiger partial charge in [0.15, 0.2) is 0 Å². The van der Waals surface area contributed by atoms with E-state index in [1.807, 2.05) is 29.2 Å². The van der Waals surface area contributed by atoms with Crippen LogP contribution in [-0.4, -0.2) is 37.6 Å². The van der Waals surface area contributed by atoms with Gasteiger partial charge < -0.3 is 15.0 Å². The highest BCUT2D eigenvalue weighted by molar-refractivity contribution is 5.85. The van der Waals surface area contributed by atoms with Crippen molar-refractivity contribution in [1.82, 2.24) is 10.2 Å². The molecule has 0 aliphatic carbocycles. The Bertz CT molecular complexity index is 527. The lowest BCUT2D eigenvalue weighted by Crippen LogP contribution is -2.35. The molecule has 1 atom stereocenters. The molecule has 1 aromatic carbocycles. The number of nitrogens with one attached hydrogen (secondary N) is 1. The lowest BCUT2D eigenvalue weighted by atomic mass is 9.84. The van der Waals surface area contributed by atoms with E-state index in [1.165, 1.54) is 12.8 Å². The van der Waals surface area contributed by atoms with Gasteiger partial charge in [0.2, 0.25) is 5.91 Å². The van der Waals surface area contributed by atoms with Gasteiger partial charge in [-0.15, -0.1) is 19.0 Å². The molecule has 1 aromatic rings. The maximum absolute atomic E-state index is 12.8. The molecule has 0 radical (unpaired) electrons. The van der Waals surface area contributed by atoms with Crippen LogP contribution in [0.15, 0.2) is 36.9 Å². The zero-order valence-electron chi connectivity index (χ0n) is 15.4. The highest BCUT2D eigenvalue weighted by Gasteiger charge is 2.24. The number of hydrogen-bond acceptors (Lipinski definition) is 3. The number of carbonyl (C=O) groups excluding carboxylic acids is 1. The maximum atomic E-state index is 12.8. The van der Waals surface area contributed by atoms with Gasteiger partial charge in [-0.2, -0.15) is 0 Å². The highest BCUT2D eigenvalue weighted by atomic mass is 35.5. The van der Waals surface area contributed by atoms with Crippen molar-refractivity contribution in [1.29, 1.82) is 0 Å². The van der Waals surface area contributed by atoms with Crippen LogP contribution < -0.4 is 10.1 Å². The Balaban J connectivity index is 0.00000312. The third-order valence-electron chi connectivity index (χ3n) is 4.92. The molecule has 5 heteroatoms. The van der Waals surface area contributed by atoms with Gasteiger partial charge in [0.1, 0.15) is 5.75 Å². The fourth-order valence-corrected chi connectivity index (χ4v) is 3.35. The number of halogens is 1. The predicted octanol–water partition coefficient (Wildman–Crippen LogP) is 3.66. The number of amides is 1. The molecule has 4 nitrogen and oxygen atoms in total. The lowest BCUT2D eigenvalue weighted by Gasteiger charge is -2.30. The molecule has 1 heterocycles. The molecule has 1 saturated heterocycles. The molecule has 0 saturated carbocycles. The van der Waals surface area contributed by atoms with Crippen molar-refractivity contribution in [2.45, 2.75) is 32.7 Å². The van der Waals surface area contributed by atoms with E-state index in [0.29, 0.717) is 31.3 Å². The van der Waals surface area contributed by atoms with Gasteiger partial charge >= 0.3 is 0 Å². The Morgan fingerprint density at radius 1 is 1.36 bits per heavy atom. The molecule has 0 bridgehead atoms. The van der Waals surface area contributed by atoms with Crippen LogP contribution in [0.2, 0.25) is 0 Å². The fourth-order valence-electron chi connectivity index (χ4n) is 3.35. The first-order chi connectivity index (χ1) is 11.6. The standard InChI is InChI=1S/C20H30N2O2.ClH/c1-4-13-22(15-17-5-7-19(24-3)8-6-17)20(23)14-16(2)18-9-11-21-12-10-18;/h4-8,16,18,21H,1,9-15H2,2-3H3;1H. The van der Waals surface area contributed by atoms with E-state index in [9.17, 15) is 4.79 Å². The monoisotopic (exact) mass is 366 g/mol. The van der Waals surface area contributed by atoms with Crippen molar-refractivity contribution in [3.63, 3.8) is 0 Å². The summed E-state index contributed by atoms with van der Waals surface area (Å²) in [6.07, 6.45) is 4.77. The Kier molecular flexibility index (Phi) is 9.61. The van der Waals surface area contributed by atoms with Crippen molar-refractivity contribution in [2.75, 3.05) is 26.7 Å². The number of methoxy groups -OCH3 is 1. The number of rotatable bonds is 8. The van der Waals surface area contributed by atoms with E-state index in [1.54, 1.807) is 13.2 Å². The zero-order chi connectivity index (χ0) is 17.4. The Morgan fingerprint density at radius 3 is 2.56 bits per heavy atom. The molecule has 2 rings (SSSR count). The van der Waals surface area contributed by atoms with Crippen LogP contribution in [0.5, 0.6) is 5.75 Å². The number of carbonyl (C=O) groups is 1. The minimum absolute atomic E-state index is 0. The number of nitrogens with zero attached hydrogens (tertiary/aromatic N) is 1. The quantitative estimate of drug-likeness (QED) is 0.714. The van der Waals surface area contributed by atoms with Crippen molar-refractivity contribution in [3.05, 3.63) is 42.5 Å². The molecule has 0 spiro atoms. The van der Waals surface area contributed by atoms with Crippen molar-refractivity contribution in [2.24, 2.45) is 11.8 Å². The fraction of sp³-hybridized carbons (Fsp3) is 0.550. The zero-order valence-corrected chi connectivity index (χ0v) is 16.2. The normalized spacial score (nSPS) is 15.8. The summed E-state index contributed by atoms with van der Waals surface area (Å²) >= 11 is 0. The van der Waals surface area contributed by atoms with E-state index in [-0.39, 0.29) is 18.3 Å². The Morgan fingerprint density at radius 2 is 2.00 bits per heavy atom. The predicted molar refractivity (Wildman–Crippen MR) is 105 cm³/mol. The largest absolute Gasteiger partial charge is 0.497 e. The third kappa shape index (κ3) is 6.71. The van der Waals surface area contributed by atoms with Crippen LogP contribution >= 0.6 is 12.4 Å². The molecule has 1 amide bonds. The number of piperidine rings is 1. The average Bonchev–Trinajstić information content (AvgIpc) is 2.62. The molecule has 1 N–H and O–H groups in total. The number of hydrogen-bond donors (Lipinski definition) is 1. The minimum Gasteiger partial charge on any atom is -0.497 e. The summed E-state index contributed by atoms with van der Waals surface area (Å²) in [5.41, 5.74) is 1.11. The van der Waals surface area contributed by atoms with E-state index in [0.717, 1.165) is 24.4 Å². The summed E-state index contributed by atoms with van der Waals surface area (Å²) in [5.74, 6) is 2.14. The van der Waals surface area contributed by atoms with Gasteiger partial charge in [0, 0.05) is 19.5 Å². The maximum Gasteiger partial charge on any atom is 0.223 e. The molecule has 25 heavy (non-hydrogen) atoms. The second-order valence-corrected chi connectivity index (χ2v) is 6.68. The smallest absolute Gasteiger partial charge is 0.223 e. The van der Waals surface area contributed by atoms with Crippen LogP contribution in [0, 0.1) is 11.8 Å². The van der Waals surface area contributed by atoms with Gasteiger partial charge in [-0.05, 0) is 55.5 Å². The van der Waals surface area contributed by atoms with Crippen LogP contribution in [0.25, 0.3) is 0 Å². The molecule has 140 valence electrons. The third-order valence-corrected chi connectivity index (χ3v) is 4.92. The topological polar surface area (TPSA) is 41.6 Å². The average molecular weight is 367 g/mol. The molecular formula is C20H31ClN2O2. The minimum atomic E-state index is 0. The van der Waals surface area contributed by atoms with Gasteiger partial charge in [0.05, 0.1) is 7.11 Å². The summed E-state index contributed by atoms with van der Waals surface area (Å²) in [7, 11) is 1.66. The van der Waals surface area contributed by atoms with Crippen molar-refractivity contribution >= 4 is 18.3 Å². The van der Waals surface area contributed by atoms with Crippen molar-refractivity contribution < 1.29 is 9.53 Å². The van der Waals surface area contributed by atoms with Crippen molar-refractivity contribution in [3.8, 4) is 5.75 Å². The first-order valence-electron chi connectivity index (χ1n) is 8.86. The summed E-state index contributed by atoms with van der Waals surface area (Å²) < 4.78 is 5.19.